The van der Waals surface area contributed by atoms with Crippen LogP contribution in [-0.4, -0.2) is 40.6 Å². The van der Waals surface area contributed by atoms with Crippen LogP contribution < -0.4 is 16.2 Å². The van der Waals surface area contributed by atoms with Gasteiger partial charge >= 0.3 is 18.0 Å². The molecule has 9 heteroatoms. The molecule has 0 aromatic heterocycles. The van der Waals surface area contributed by atoms with Crippen molar-refractivity contribution in [2.75, 3.05) is 6.54 Å². The predicted octanol–water partition coefficient (Wildman–Crippen LogP) is -1.96. The third kappa shape index (κ3) is 8.19. The molecule has 16 heavy (non-hydrogen) atoms. The van der Waals surface area contributed by atoms with Crippen molar-refractivity contribution in [1.29, 1.82) is 0 Å². The number of rotatable bonds is 2. The summed E-state index contributed by atoms with van der Waals surface area (Å²) in [7, 11) is 0. The van der Waals surface area contributed by atoms with E-state index in [0.717, 1.165) is 0 Å². The Hall–Kier alpha value is -2.42. The number of amides is 3. The number of carboxylic acids is 2. The molecule has 0 aromatic carbocycles. The number of hydrogen-bond donors (Lipinski definition) is 5. The number of imide groups is 1. The predicted molar refractivity (Wildman–Crippen MR) is 49.1 cm³/mol. The van der Waals surface area contributed by atoms with E-state index in [1.807, 2.05) is 5.32 Å². The van der Waals surface area contributed by atoms with Crippen molar-refractivity contribution in [2.24, 2.45) is 0 Å². The molecule has 3 amide bonds. The van der Waals surface area contributed by atoms with Gasteiger partial charge in [-0.1, -0.05) is 0 Å². The topological polar surface area (TPSA) is 145 Å². The fourth-order valence-electron chi connectivity index (χ4n) is 0.549. The van der Waals surface area contributed by atoms with E-state index in [1.165, 1.54) is 0 Å². The number of hydrazine groups is 1. The van der Waals surface area contributed by atoms with Crippen molar-refractivity contribution >= 4 is 23.9 Å². The maximum atomic E-state index is 10.2. The van der Waals surface area contributed by atoms with Crippen LogP contribution in [0.2, 0.25) is 0 Å². The molecule has 88 valence electrons. The van der Waals surface area contributed by atoms with E-state index in [0.29, 0.717) is 12.2 Å². The summed E-state index contributed by atoms with van der Waals surface area (Å²) in [4.78, 5) is 39.5. The Labute approximate surface area is 89.1 Å². The molecule has 0 atom stereocenters. The van der Waals surface area contributed by atoms with Crippen molar-refractivity contribution in [1.82, 2.24) is 16.2 Å². The number of nitrogens with one attached hydrogen (secondary N) is 3. The normalized spacial score (nSPS) is 14.5. The largest absolute Gasteiger partial charge is 0.478 e. The van der Waals surface area contributed by atoms with Gasteiger partial charge in [0.25, 0.3) is 0 Å². The lowest BCUT2D eigenvalue weighted by molar-refractivity contribution is -0.134. The van der Waals surface area contributed by atoms with Gasteiger partial charge in [0.1, 0.15) is 0 Å². The molecule has 0 aliphatic carbocycles. The van der Waals surface area contributed by atoms with Crippen LogP contribution >= 0.6 is 0 Å². The van der Waals surface area contributed by atoms with Gasteiger partial charge in [-0.2, -0.15) is 0 Å². The van der Waals surface area contributed by atoms with E-state index < -0.39 is 18.0 Å². The number of carbonyl (C=O) groups is 4. The smallest absolute Gasteiger partial charge is 0.335 e. The van der Waals surface area contributed by atoms with E-state index in [2.05, 4.69) is 10.9 Å². The van der Waals surface area contributed by atoms with Gasteiger partial charge in [0.15, 0.2) is 0 Å². The number of carbonyl (C=O) groups excluding carboxylic acids is 2. The highest BCUT2D eigenvalue weighted by Crippen LogP contribution is 1.70. The molecule has 0 saturated carbocycles. The van der Waals surface area contributed by atoms with Crippen LogP contribution in [0.5, 0.6) is 0 Å². The van der Waals surface area contributed by atoms with Crippen LogP contribution in [0.25, 0.3) is 0 Å². The molecule has 0 bridgehead atoms. The van der Waals surface area contributed by atoms with E-state index in [1.54, 1.807) is 0 Å². The summed E-state index contributed by atoms with van der Waals surface area (Å²) in [5.74, 6) is -2.83. The second-order valence-corrected chi connectivity index (χ2v) is 2.37. The molecular formula is C7H9N3O6. The number of urea groups is 1. The van der Waals surface area contributed by atoms with Gasteiger partial charge in [0.2, 0.25) is 5.91 Å². The summed E-state index contributed by atoms with van der Waals surface area (Å²) in [6.45, 7) is 0.145. The van der Waals surface area contributed by atoms with Gasteiger partial charge < -0.3 is 10.2 Å². The maximum Gasteiger partial charge on any atom is 0.335 e. The van der Waals surface area contributed by atoms with Gasteiger partial charge in [-0.05, 0) is 0 Å². The average molecular weight is 231 g/mol. The minimum atomic E-state index is -1.26. The van der Waals surface area contributed by atoms with Crippen molar-refractivity contribution in [2.45, 2.75) is 0 Å². The third-order valence-electron chi connectivity index (χ3n) is 1.07. The lowest BCUT2D eigenvalue weighted by Gasteiger charge is -2.12. The average Bonchev–Trinajstić information content (AvgIpc) is 2.15. The molecule has 1 aliphatic rings. The summed E-state index contributed by atoms with van der Waals surface area (Å²) in [6, 6.07) is -0.499. The van der Waals surface area contributed by atoms with Gasteiger partial charge in [0, 0.05) is 12.2 Å². The summed E-state index contributed by atoms with van der Waals surface area (Å²) < 4.78 is 0. The Morgan fingerprint density at radius 1 is 1.12 bits per heavy atom. The molecule has 1 heterocycles. The molecular weight excluding hydrogens is 222 g/mol. The quantitative estimate of drug-likeness (QED) is 0.347. The van der Waals surface area contributed by atoms with Crippen LogP contribution in [0.4, 0.5) is 4.79 Å². The zero-order chi connectivity index (χ0) is 12.6. The summed E-state index contributed by atoms with van der Waals surface area (Å²) in [6.07, 6.45) is 1.12. The summed E-state index contributed by atoms with van der Waals surface area (Å²) >= 11 is 0. The molecule has 0 spiro atoms. The fraction of sp³-hybridized carbons (Fsp3) is 0.143. The molecule has 1 rings (SSSR count). The van der Waals surface area contributed by atoms with Gasteiger partial charge in [-0.3, -0.25) is 15.5 Å². The summed E-state index contributed by atoms with van der Waals surface area (Å²) in [5.41, 5.74) is 4.56. The van der Waals surface area contributed by atoms with Crippen LogP contribution in [0.1, 0.15) is 0 Å². The number of hydrogen-bond acceptors (Lipinski definition) is 5. The molecule has 0 radical (unpaired) electrons. The zero-order valence-corrected chi connectivity index (χ0v) is 7.89. The van der Waals surface area contributed by atoms with Crippen molar-refractivity contribution in [3.63, 3.8) is 0 Å². The Bertz CT molecular complexity index is 307. The van der Waals surface area contributed by atoms with Crippen molar-refractivity contribution < 1.29 is 29.4 Å². The maximum absolute atomic E-state index is 10.2. The van der Waals surface area contributed by atoms with E-state index in [9.17, 15) is 19.2 Å². The van der Waals surface area contributed by atoms with Crippen LogP contribution in [0.15, 0.2) is 12.2 Å². The molecule has 0 aromatic rings. The molecule has 1 saturated heterocycles. The second-order valence-electron chi connectivity index (χ2n) is 2.37. The lowest BCUT2D eigenvalue weighted by atomic mass is 10.5. The Kier molecular flexibility index (Phi) is 5.90. The zero-order valence-electron chi connectivity index (χ0n) is 7.89. The van der Waals surface area contributed by atoms with Gasteiger partial charge in [-0.15, -0.1) is 0 Å². The fourth-order valence-corrected chi connectivity index (χ4v) is 0.549. The summed E-state index contributed by atoms with van der Waals surface area (Å²) in [5, 5.41) is 17.7. The lowest BCUT2D eigenvalue weighted by Crippen LogP contribution is -2.56. The van der Waals surface area contributed by atoms with Crippen molar-refractivity contribution in [3.8, 4) is 0 Å². The first kappa shape index (κ1) is 13.6. The van der Waals surface area contributed by atoms with Crippen LogP contribution in [0, 0.1) is 0 Å². The first-order valence-electron chi connectivity index (χ1n) is 3.88. The van der Waals surface area contributed by atoms with Gasteiger partial charge in [0.05, 0.1) is 6.54 Å². The first-order chi connectivity index (χ1) is 7.41. The molecule has 0 unspecified atom stereocenters. The minimum Gasteiger partial charge on any atom is -0.478 e. The molecule has 1 fully saturated rings. The molecule has 5 N–H and O–H groups in total. The van der Waals surface area contributed by atoms with Gasteiger partial charge in [-0.25, -0.2) is 19.8 Å². The Morgan fingerprint density at radius 3 is 1.88 bits per heavy atom. The van der Waals surface area contributed by atoms with E-state index in [-0.39, 0.29) is 12.5 Å². The van der Waals surface area contributed by atoms with E-state index >= 15 is 0 Å². The second kappa shape index (κ2) is 6.95. The molecule has 9 nitrogen and oxygen atoms in total. The number of aliphatic carboxylic acids is 2. The molecule has 1 aliphatic heterocycles. The SMILES string of the molecule is O=C(O)/C=C/C(=O)O.O=C1CNNC(=O)N1. The highest BCUT2D eigenvalue weighted by molar-refractivity contribution is 5.96. The third-order valence-corrected chi connectivity index (χ3v) is 1.07. The number of carboxylic acid groups (broad SMARTS) is 2. The van der Waals surface area contributed by atoms with Crippen LogP contribution in [0.3, 0.4) is 0 Å². The standard InChI is InChI=1S/C4H4O4.C3H5N3O2/c5-3(6)1-2-4(7)8;7-2-1-4-6-3(8)5-2/h1-2H,(H,5,6)(H,7,8);4H,1H2,(H2,5,6,7,8)/b2-1+;. The monoisotopic (exact) mass is 231 g/mol. The Morgan fingerprint density at radius 2 is 1.62 bits per heavy atom. The van der Waals surface area contributed by atoms with Crippen LogP contribution in [-0.2, 0) is 14.4 Å². The first-order valence-corrected chi connectivity index (χ1v) is 3.88. The van der Waals surface area contributed by atoms with Crippen molar-refractivity contribution in [3.05, 3.63) is 12.2 Å². The highest BCUT2D eigenvalue weighted by atomic mass is 16.4. The highest BCUT2D eigenvalue weighted by Gasteiger charge is 2.11. The minimum absolute atomic E-state index is 0.145. The van der Waals surface area contributed by atoms with E-state index in [4.69, 9.17) is 10.2 Å². The Balaban J connectivity index is 0.000000281.